The minimum Gasteiger partial charge on any atom is -0.377 e. The van der Waals surface area contributed by atoms with Crippen LogP contribution in [0, 0.1) is 34.5 Å². The average molecular weight is 528 g/mol. The summed E-state index contributed by atoms with van der Waals surface area (Å²) in [5, 5.41) is 7.92. The molecule has 7 nitrogen and oxygen atoms in total. The van der Waals surface area contributed by atoms with Gasteiger partial charge < -0.3 is 10.1 Å². The third-order valence-corrected chi connectivity index (χ3v) is 11.0. The molecule has 1 aliphatic heterocycles. The van der Waals surface area contributed by atoms with Gasteiger partial charge in [0.25, 0.3) is 0 Å². The monoisotopic (exact) mass is 527 g/mol. The lowest BCUT2D eigenvalue weighted by Crippen LogP contribution is -2.54. The van der Waals surface area contributed by atoms with Crippen molar-refractivity contribution in [3.63, 3.8) is 0 Å². The average Bonchev–Trinajstić information content (AvgIpc) is 3.17. The number of fused-ring (bicyclic) bond motifs is 5. The molecule has 5 rings (SSSR count). The summed E-state index contributed by atoms with van der Waals surface area (Å²) in [6, 6.07) is 0.0603. The van der Waals surface area contributed by atoms with Crippen molar-refractivity contribution >= 4 is 17.6 Å². The van der Waals surface area contributed by atoms with Crippen LogP contribution in [0.15, 0.2) is 16.8 Å². The van der Waals surface area contributed by atoms with E-state index in [2.05, 4.69) is 52.0 Å². The first-order chi connectivity index (χ1) is 17.9. The van der Waals surface area contributed by atoms with Crippen LogP contribution < -0.4 is 5.32 Å². The summed E-state index contributed by atoms with van der Waals surface area (Å²) in [7, 11) is 0. The summed E-state index contributed by atoms with van der Waals surface area (Å²) in [5.74, 6) is 2.75. The highest BCUT2D eigenvalue weighted by atomic mass is 16.7. The minimum atomic E-state index is -0.372. The Kier molecular flexibility index (Phi) is 7.58. The molecule has 0 bridgehead atoms. The van der Waals surface area contributed by atoms with Gasteiger partial charge in [0.1, 0.15) is 0 Å². The molecular weight excluding hydrogens is 478 g/mol. The number of hydrogen-bond acceptors (Lipinski definition) is 6. The van der Waals surface area contributed by atoms with Crippen LogP contribution in [0.4, 0.5) is 4.79 Å². The van der Waals surface area contributed by atoms with Crippen LogP contribution in [0.1, 0.15) is 92.9 Å². The maximum absolute atomic E-state index is 13.1. The van der Waals surface area contributed by atoms with Gasteiger partial charge in [-0.15, -0.1) is 0 Å². The Balaban J connectivity index is 1.24. The molecule has 7 heteroatoms. The number of ether oxygens (including phenoxy) is 1. The number of ketones is 1. The van der Waals surface area contributed by atoms with Crippen LogP contribution in [-0.4, -0.2) is 60.4 Å². The Morgan fingerprint density at radius 2 is 1.89 bits per heavy atom. The van der Waals surface area contributed by atoms with Gasteiger partial charge in [-0.2, -0.15) is 0 Å². The Morgan fingerprint density at radius 1 is 1.13 bits per heavy atom. The van der Waals surface area contributed by atoms with Gasteiger partial charge in [-0.25, -0.2) is 4.79 Å². The van der Waals surface area contributed by atoms with E-state index in [-0.39, 0.29) is 28.5 Å². The lowest BCUT2D eigenvalue weighted by atomic mass is 9.46. The highest BCUT2D eigenvalue weighted by Gasteiger charge is 2.59. The van der Waals surface area contributed by atoms with Crippen LogP contribution in [0.5, 0.6) is 0 Å². The standard InChI is InChI=1S/C31H49N3O4/c1-20(33-38-28(36)34(22-18-37-19-22)16-15-32-29(2,3)4)25-9-10-26-24-8-7-21-17-23(35)11-13-30(21,5)27(24)12-14-31(25,26)6/h17,22,24-27,32H,7-16,18-19H2,1-6H3/b33-20+/t24-,25+,26-,27-,30-,31+/m0/s1. The third kappa shape index (κ3) is 5.10. The van der Waals surface area contributed by atoms with Crippen molar-refractivity contribution in [3.05, 3.63) is 11.6 Å². The van der Waals surface area contributed by atoms with Crippen LogP contribution in [-0.2, 0) is 14.4 Å². The van der Waals surface area contributed by atoms with E-state index in [9.17, 15) is 9.59 Å². The summed E-state index contributed by atoms with van der Waals surface area (Å²) in [5.41, 5.74) is 2.78. The van der Waals surface area contributed by atoms with Crippen molar-refractivity contribution in [2.75, 3.05) is 26.3 Å². The topological polar surface area (TPSA) is 80.2 Å². The first-order valence-corrected chi connectivity index (χ1v) is 15.0. The molecule has 1 N–H and O–H groups in total. The van der Waals surface area contributed by atoms with Gasteiger partial charge >= 0.3 is 6.09 Å². The van der Waals surface area contributed by atoms with E-state index in [1.165, 1.54) is 31.3 Å². The van der Waals surface area contributed by atoms with Crippen LogP contribution in [0.2, 0.25) is 0 Å². The van der Waals surface area contributed by atoms with Gasteiger partial charge in [0.05, 0.1) is 25.0 Å². The van der Waals surface area contributed by atoms with Gasteiger partial charge in [0, 0.05) is 31.0 Å². The summed E-state index contributed by atoms with van der Waals surface area (Å²) in [6.45, 7) is 15.7. The van der Waals surface area contributed by atoms with Gasteiger partial charge in [-0.3, -0.25) is 14.5 Å². The molecular formula is C31H49N3O4. The van der Waals surface area contributed by atoms with Crippen LogP contribution in [0.25, 0.3) is 0 Å². The molecule has 1 saturated heterocycles. The molecule has 0 radical (unpaired) electrons. The largest absolute Gasteiger partial charge is 0.436 e. The Hall–Kier alpha value is -1.73. The van der Waals surface area contributed by atoms with Gasteiger partial charge in [-0.05, 0) is 107 Å². The molecule has 0 aromatic heterocycles. The van der Waals surface area contributed by atoms with E-state index in [0.29, 0.717) is 62.2 Å². The van der Waals surface area contributed by atoms with Crippen molar-refractivity contribution in [2.24, 2.45) is 39.7 Å². The fourth-order valence-electron chi connectivity index (χ4n) is 8.85. The number of amides is 1. The number of nitrogens with one attached hydrogen (secondary N) is 1. The first kappa shape index (κ1) is 27.8. The van der Waals surface area contributed by atoms with E-state index < -0.39 is 0 Å². The molecule has 3 saturated carbocycles. The SMILES string of the molecule is C/C(=N\OC(=O)N(CCNC(C)(C)C)C1COC1)[C@H]1CC[C@H]2[C@@H]3CCC4=CC(=O)CC[C@]4(C)[C@H]3CC[C@]12C. The normalized spacial score (nSPS) is 37.5. The van der Waals surface area contributed by atoms with E-state index in [4.69, 9.17) is 9.57 Å². The first-order valence-electron chi connectivity index (χ1n) is 15.0. The number of hydrogen-bond donors (Lipinski definition) is 1. The molecule has 0 spiro atoms. The third-order valence-electron chi connectivity index (χ3n) is 11.0. The second-order valence-electron chi connectivity index (χ2n) is 14.3. The lowest BCUT2D eigenvalue weighted by molar-refractivity contribution is -0.117. The molecule has 5 aliphatic rings. The summed E-state index contributed by atoms with van der Waals surface area (Å²) in [4.78, 5) is 32.6. The van der Waals surface area contributed by atoms with Gasteiger partial charge in [-0.1, -0.05) is 24.6 Å². The molecule has 0 aromatic rings. The van der Waals surface area contributed by atoms with Crippen LogP contribution >= 0.6 is 0 Å². The highest BCUT2D eigenvalue weighted by molar-refractivity contribution is 5.91. The van der Waals surface area contributed by atoms with Crippen molar-refractivity contribution < 1.29 is 19.2 Å². The van der Waals surface area contributed by atoms with Gasteiger partial charge in [0.2, 0.25) is 0 Å². The minimum absolute atomic E-state index is 0.00406. The van der Waals surface area contributed by atoms with E-state index >= 15 is 0 Å². The lowest BCUT2D eigenvalue weighted by Gasteiger charge is -2.58. The summed E-state index contributed by atoms with van der Waals surface area (Å²) < 4.78 is 5.36. The maximum Gasteiger partial charge on any atom is 0.436 e. The molecule has 0 aromatic carbocycles. The van der Waals surface area contributed by atoms with E-state index in [1.54, 1.807) is 4.90 Å². The fourth-order valence-corrected chi connectivity index (χ4v) is 8.85. The number of oxime groups is 1. The predicted octanol–water partition coefficient (Wildman–Crippen LogP) is 5.74. The van der Waals surface area contributed by atoms with Crippen LogP contribution in [0.3, 0.4) is 0 Å². The number of allylic oxidation sites excluding steroid dienone is 1. The Bertz CT molecular complexity index is 996. The molecule has 212 valence electrons. The highest BCUT2D eigenvalue weighted by Crippen LogP contribution is 2.66. The Labute approximate surface area is 229 Å². The zero-order valence-electron chi connectivity index (χ0n) is 24.5. The zero-order valence-corrected chi connectivity index (χ0v) is 24.5. The Morgan fingerprint density at radius 3 is 2.58 bits per heavy atom. The summed E-state index contributed by atoms with van der Waals surface area (Å²) >= 11 is 0. The molecule has 1 heterocycles. The van der Waals surface area contributed by atoms with Gasteiger partial charge in [0.15, 0.2) is 5.78 Å². The molecule has 6 atom stereocenters. The fraction of sp³-hybridized carbons (Fsp3) is 0.839. The zero-order chi connectivity index (χ0) is 27.3. The smallest absolute Gasteiger partial charge is 0.377 e. The number of carbonyl (C=O) groups excluding carboxylic acids is 2. The van der Waals surface area contributed by atoms with Crippen molar-refractivity contribution in [3.8, 4) is 0 Å². The quantitative estimate of drug-likeness (QED) is 0.271. The molecule has 38 heavy (non-hydrogen) atoms. The number of nitrogens with zero attached hydrogens (tertiary/aromatic N) is 2. The molecule has 4 fully saturated rings. The molecule has 1 amide bonds. The molecule has 0 unspecified atom stereocenters. The van der Waals surface area contributed by atoms with E-state index in [0.717, 1.165) is 25.0 Å². The maximum atomic E-state index is 13.1. The van der Waals surface area contributed by atoms with E-state index in [1.807, 2.05) is 6.08 Å². The van der Waals surface area contributed by atoms with Crippen molar-refractivity contribution in [2.45, 2.75) is 104 Å². The second kappa shape index (κ2) is 10.3. The number of rotatable bonds is 6. The predicted molar refractivity (Wildman–Crippen MR) is 149 cm³/mol. The second-order valence-corrected chi connectivity index (χ2v) is 14.3. The molecule has 4 aliphatic carbocycles. The number of carbonyl (C=O) groups is 2. The van der Waals surface area contributed by atoms with Crippen molar-refractivity contribution in [1.29, 1.82) is 0 Å². The summed E-state index contributed by atoms with van der Waals surface area (Å²) in [6.07, 6.45) is 10.4. The van der Waals surface area contributed by atoms with Crippen molar-refractivity contribution in [1.82, 2.24) is 10.2 Å².